The molecule has 1 aromatic rings. The first kappa shape index (κ1) is 14.6. The van der Waals surface area contributed by atoms with Crippen LogP contribution in [0.4, 0.5) is 4.39 Å². The van der Waals surface area contributed by atoms with Crippen molar-refractivity contribution in [3.05, 3.63) is 35.6 Å². The molecular weight excluding hydrogens is 281 g/mol. The van der Waals surface area contributed by atoms with Crippen LogP contribution in [0.25, 0.3) is 0 Å². The van der Waals surface area contributed by atoms with Crippen molar-refractivity contribution in [2.45, 2.75) is 43.9 Å². The van der Waals surface area contributed by atoms with Gasteiger partial charge in [-0.1, -0.05) is 12.1 Å². The Labute approximate surface area is 131 Å². The average molecular weight is 305 g/mol. The molecule has 0 amide bonds. The summed E-state index contributed by atoms with van der Waals surface area (Å²) in [5.74, 6) is 0.409. The Morgan fingerprint density at radius 2 is 2.09 bits per heavy atom. The Bertz CT molecular complexity index is 544. The number of halogens is 1. The third kappa shape index (κ3) is 2.68. The van der Waals surface area contributed by atoms with E-state index in [1.807, 2.05) is 6.07 Å². The van der Waals surface area contributed by atoms with E-state index in [9.17, 15) is 4.39 Å². The Kier molecular flexibility index (Phi) is 3.71. The van der Waals surface area contributed by atoms with Crippen molar-refractivity contribution in [2.24, 2.45) is 5.92 Å². The summed E-state index contributed by atoms with van der Waals surface area (Å²) in [5.41, 5.74) is 1.15. The monoisotopic (exact) mass is 305 g/mol. The van der Waals surface area contributed by atoms with Gasteiger partial charge in [0.2, 0.25) is 0 Å². The summed E-state index contributed by atoms with van der Waals surface area (Å²) >= 11 is 0. The molecule has 0 aromatic heterocycles. The molecule has 1 aromatic carbocycles. The molecule has 0 bridgehead atoms. The maximum absolute atomic E-state index is 13.4. The van der Waals surface area contributed by atoms with E-state index in [-0.39, 0.29) is 5.82 Å². The molecule has 1 unspecified atom stereocenters. The summed E-state index contributed by atoms with van der Waals surface area (Å²) in [4.78, 5) is 2.57. The van der Waals surface area contributed by atoms with Crippen molar-refractivity contribution < 1.29 is 13.9 Å². The molecule has 1 saturated carbocycles. The topological polar surface area (TPSA) is 21.7 Å². The van der Waals surface area contributed by atoms with Gasteiger partial charge in [-0.2, -0.15) is 0 Å². The van der Waals surface area contributed by atoms with Crippen LogP contribution in [0.1, 0.15) is 37.7 Å². The van der Waals surface area contributed by atoms with E-state index < -0.39 is 5.79 Å². The highest BCUT2D eigenvalue weighted by molar-refractivity contribution is 5.28. The number of likely N-dealkylation sites (tertiary alicyclic amines) is 1. The van der Waals surface area contributed by atoms with Crippen LogP contribution >= 0.6 is 0 Å². The molecule has 0 radical (unpaired) electrons. The molecule has 4 heteroatoms. The Morgan fingerprint density at radius 3 is 2.86 bits per heavy atom. The molecule has 4 rings (SSSR count). The number of rotatable bonds is 3. The van der Waals surface area contributed by atoms with Gasteiger partial charge in [-0.25, -0.2) is 4.39 Å². The summed E-state index contributed by atoms with van der Waals surface area (Å²) in [6.45, 7) is 5.69. The van der Waals surface area contributed by atoms with Crippen LogP contribution in [0.15, 0.2) is 24.3 Å². The Balaban J connectivity index is 1.41. The van der Waals surface area contributed by atoms with E-state index in [2.05, 4.69) is 17.9 Å². The fourth-order valence-corrected chi connectivity index (χ4v) is 4.18. The molecule has 0 spiro atoms. The van der Waals surface area contributed by atoms with Gasteiger partial charge in [0.15, 0.2) is 5.79 Å². The predicted molar refractivity (Wildman–Crippen MR) is 82.2 cm³/mol. The Hall–Kier alpha value is -0.970. The van der Waals surface area contributed by atoms with Crippen molar-refractivity contribution in [3.63, 3.8) is 0 Å². The molecule has 3 nitrogen and oxygen atoms in total. The van der Waals surface area contributed by atoms with E-state index in [1.54, 1.807) is 6.07 Å². The van der Waals surface area contributed by atoms with E-state index in [4.69, 9.17) is 9.47 Å². The smallest absolute Gasteiger partial charge is 0.169 e. The summed E-state index contributed by atoms with van der Waals surface area (Å²) < 4.78 is 25.1. The second-order valence-corrected chi connectivity index (χ2v) is 7.01. The van der Waals surface area contributed by atoms with Gasteiger partial charge in [0.05, 0.1) is 13.2 Å². The van der Waals surface area contributed by atoms with Crippen molar-refractivity contribution in [2.75, 3.05) is 26.3 Å². The largest absolute Gasteiger partial charge is 0.347 e. The fourth-order valence-electron chi connectivity index (χ4n) is 4.18. The van der Waals surface area contributed by atoms with Gasteiger partial charge in [0, 0.05) is 24.4 Å². The van der Waals surface area contributed by atoms with Crippen molar-refractivity contribution in [1.82, 2.24) is 4.90 Å². The number of piperidine rings is 1. The van der Waals surface area contributed by atoms with Crippen LogP contribution in [0, 0.1) is 11.7 Å². The highest BCUT2D eigenvalue weighted by Crippen LogP contribution is 2.47. The SMILES string of the molecule is CC1(C2CCCN([C@@H]3C[C@H]3c3cccc(F)c3)C2)OCCO1. The number of hydrogen-bond acceptors (Lipinski definition) is 3. The highest BCUT2D eigenvalue weighted by Gasteiger charge is 2.48. The zero-order valence-electron chi connectivity index (χ0n) is 13.1. The van der Waals surface area contributed by atoms with Gasteiger partial charge in [-0.15, -0.1) is 0 Å². The second-order valence-electron chi connectivity index (χ2n) is 7.01. The lowest BCUT2D eigenvalue weighted by Crippen LogP contribution is -2.47. The first-order valence-corrected chi connectivity index (χ1v) is 8.43. The number of ether oxygens (including phenoxy) is 2. The van der Waals surface area contributed by atoms with Crippen molar-refractivity contribution in [3.8, 4) is 0 Å². The van der Waals surface area contributed by atoms with Crippen LogP contribution in [0.5, 0.6) is 0 Å². The average Bonchev–Trinajstić information content (AvgIpc) is 3.22. The maximum Gasteiger partial charge on any atom is 0.169 e. The summed E-state index contributed by atoms with van der Waals surface area (Å²) in [6, 6.07) is 7.65. The van der Waals surface area contributed by atoms with Gasteiger partial charge in [0.25, 0.3) is 0 Å². The van der Waals surface area contributed by atoms with Gasteiger partial charge < -0.3 is 9.47 Å². The predicted octanol–water partition coefficient (Wildman–Crippen LogP) is 3.16. The van der Waals surface area contributed by atoms with E-state index in [0.717, 1.165) is 25.1 Å². The van der Waals surface area contributed by atoms with E-state index in [1.165, 1.54) is 18.9 Å². The minimum atomic E-state index is -0.401. The lowest BCUT2D eigenvalue weighted by atomic mass is 9.90. The first-order chi connectivity index (χ1) is 10.7. The molecule has 3 aliphatic rings. The van der Waals surface area contributed by atoms with Crippen molar-refractivity contribution in [1.29, 1.82) is 0 Å². The van der Waals surface area contributed by atoms with Gasteiger partial charge in [-0.05, 0) is 50.4 Å². The minimum Gasteiger partial charge on any atom is -0.347 e. The zero-order valence-corrected chi connectivity index (χ0v) is 13.1. The molecule has 2 heterocycles. The van der Waals surface area contributed by atoms with E-state index >= 15 is 0 Å². The van der Waals surface area contributed by atoms with Crippen LogP contribution in [0.3, 0.4) is 0 Å². The lowest BCUT2D eigenvalue weighted by Gasteiger charge is -2.40. The van der Waals surface area contributed by atoms with Crippen LogP contribution in [-0.2, 0) is 9.47 Å². The van der Waals surface area contributed by atoms with Crippen LogP contribution in [-0.4, -0.2) is 43.0 Å². The first-order valence-electron chi connectivity index (χ1n) is 8.43. The van der Waals surface area contributed by atoms with Crippen LogP contribution < -0.4 is 0 Å². The molecule has 22 heavy (non-hydrogen) atoms. The molecule has 3 fully saturated rings. The normalized spacial score (nSPS) is 34.7. The van der Waals surface area contributed by atoms with Gasteiger partial charge in [-0.3, -0.25) is 4.90 Å². The summed E-state index contributed by atoms with van der Waals surface area (Å²) in [7, 11) is 0. The highest BCUT2D eigenvalue weighted by atomic mass is 19.1. The van der Waals surface area contributed by atoms with E-state index in [0.29, 0.717) is 31.1 Å². The standard InChI is InChI=1S/C18H24FNO2/c1-18(21-8-9-22-18)14-5-3-7-20(12-14)17-11-16(17)13-4-2-6-15(19)10-13/h2,4,6,10,14,16-17H,3,5,7-9,11-12H2,1H3/t14?,16-,17+/m0/s1. The third-order valence-corrected chi connectivity index (χ3v) is 5.56. The molecule has 1 aliphatic carbocycles. The molecule has 3 atom stereocenters. The lowest BCUT2D eigenvalue weighted by molar-refractivity contribution is -0.192. The number of benzene rings is 1. The van der Waals surface area contributed by atoms with Crippen LogP contribution in [0.2, 0.25) is 0 Å². The molecule has 2 saturated heterocycles. The van der Waals surface area contributed by atoms with Gasteiger partial charge in [0.1, 0.15) is 5.82 Å². The molecule has 2 aliphatic heterocycles. The third-order valence-electron chi connectivity index (χ3n) is 5.56. The maximum atomic E-state index is 13.4. The molecule has 0 N–H and O–H groups in total. The van der Waals surface area contributed by atoms with Crippen molar-refractivity contribution >= 4 is 0 Å². The number of hydrogen-bond donors (Lipinski definition) is 0. The minimum absolute atomic E-state index is 0.125. The Morgan fingerprint density at radius 1 is 1.27 bits per heavy atom. The molecule has 120 valence electrons. The summed E-state index contributed by atoms with van der Waals surface area (Å²) in [5, 5.41) is 0. The zero-order chi connectivity index (χ0) is 15.2. The molecular formula is C18H24FNO2. The fraction of sp³-hybridized carbons (Fsp3) is 0.667. The van der Waals surface area contributed by atoms with Gasteiger partial charge >= 0.3 is 0 Å². The summed E-state index contributed by atoms with van der Waals surface area (Å²) in [6.07, 6.45) is 3.51. The second kappa shape index (κ2) is 5.59. The number of nitrogens with zero attached hydrogens (tertiary/aromatic N) is 1. The quantitative estimate of drug-likeness (QED) is 0.856.